The standard InChI is InChI=1S/C3H8N3.Y/c1-2-5-6-3-4;/h1-4H2;/q-1;. The monoisotopic (exact) mass is 175 g/mol. The minimum atomic E-state index is 0. The number of nitrogens with two attached hydrogens (primary N) is 1. The maximum absolute atomic E-state index is 4.93. The Balaban J connectivity index is 0. The summed E-state index contributed by atoms with van der Waals surface area (Å²) >= 11 is 0. The van der Waals surface area contributed by atoms with E-state index in [1.54, 1.807) is 0 Å². The number of azo groups is 1. The van der Waals surface area contributed by atoms with Gasteiger partial charge < -0.3 is 12.7 Å². The van der Waals surface area contributed by atoms with Gasteiger partial charge in [-0.3, -0.25) is 0 Å². The van der Waals surface area contributed by atoms with Gasteiger partial charge in [-0.25, -0.2) is 5.11 Å². The Morgan fingerprint density at radius 3 is 2.14 bits per heavy atom. The average molecular weight is 175 g/mol. The van der Waals surface area contributed by atoms with Gasteiger partial charge in [-0.15, -0.1) is 0 Å². The minimum Gasteiger partial charge on any atom is -0.321 e. The number of nitrogens with zero attached hydrogens (tertiary/aromatic N) is 2. The SMILES string of the molecule is [CH2-]CN=NCN.[Y]. The van der Waals surface area contributed by atoms with Crippen LogP contribution in [-0.2, 0) is 32.7 Å². The van der Waals surface area contributed by atoms with Crippen LogP contribution >= 0.6 is 0 Å². The fourth-order valence-corrected chi connectivity index (χ4v) is 0.128. The van der Waals surface area contributed by atoms with Crippen molar-refractivity contribution in [1.82, 2.24) is 0 Å². The van der Waals surface area contributed by atoms with E-state index in [9.17, 15) is 0 Å². The van der Waals surface area contributed by atoms with E-state index in [4.69, 9.17) is 5.73 Å². The largest absolute Gasteiger partial charge is 0.321 e. The second-order valence-electron chi connectivity index (χ2n) is 0.689. The third kappa shape index (κ3) is 10.8. The van der Waals surface area contributed by atoms with E-state index >= 15 is 0 Å². The second kappa shape index (κ2) is 9.83. The van der Waals surface area contributed by atoms with Crippen molar-refractivity contribution in [3.63, 3.8) is 0 Å². The summed E-state index contributed by atoms with van der Waals surface area (Å²) in [7, 11) is 0. The van der Waals surface area contributed by atoms with Crippen LogP contribution in [0, 0.1) is 6.92 Å². The van der Waals surface area contributed by atoms with Gasteiger partial charge in [0.2, 0.25) is 0 Å². The summed E-state index contributed by atoms with van der Waals surface area (Å²) in [6.45, 7) is 4.16. The van der Waals surface area contributed by atoms with Gasteiger partial charge in [-0.1, -0.05) is 6.54 Å². The molecule has 0 amide bonds. The Morgan fingerprint density at radius 1 is 1.43 bits per heavy atom. The molecule has 0 aromatic heterocycles. The summed E-state index contributed by atoms with van der Waals surface area (Å²) < 4.78 is 0. The molecule has 7 heavy (non-hydrogen) atoms. The summed E-state index contributed by atoms with van der Waals surface area (Å²) in [5.41, 5.74) is 4.93. The van der Waals surface area contributed by atoms with Crippen LogP contribution in [0.3, 0.4) is 0 Å². The molecule has 0 aliphatic heterocycles. The van der Waals surface area contributed by atoms with Crippen molar-refractivity contribution in [2.24, 2.45) is 16.0 Å². The molecular formula is C3H8N3Y-. The molecule has 39 valence electrons. The number of rotatable bonds is 2. The molecule has 0 heterocycles. The molecule has 0 rings (SSSR count). The molecule has 0 aliphatic rings. The molecule has 0 aliphatic carbocycles. The van der Waals surface area contributed by atoms with E-state index in [1.807, 2.05) is 0 Å². The molecular weight excluding hydrogens is 167 g/mol. The van der Waals surface area contributed by atoms with Crippen LogP contribution in [0.1, 0.15) is 0 Å². The number of hydrogen-bond donors (Lipinski definition) is 1. The van der Waals surface area contributed by atoms with E-state index in [0.29, 0.717) is 6.54 Å². The third-order valence-corrected chi connectivity index (χ3v) is 0.282. The zero-order valence-corrected chi connectivity index (χ0v) is 7.01. The first-order chi connectivity index (χ1) is 2.91. The van der Waals surface area contributed by atoms with Crippen molar-refractivity contribution >= 4 is 0 Å². The van der Waals surface area contributed by atoms with Crippen LogP contribution in [0.25, 0.3) is 0 Å². The Bertz CT molecular complexity index is 39.4. The van der Waals surface area contributed by atoms with Crippen LogP contribution in [0.5, 0.6) is 0 Å². The second-order valence-corrected chi connectivity index (χ2v) is 0.689. The molecule has 0 atom stereocenters. The van der Waals surface area contributed by atoms with Gasteiger partial charge in [-0.05, 0) is 0 Å². The van der Waals surface area contributed by atoms with Gasteiger partial charge in [-0.2, -0.15) is 5.11 Å². The van der Waals surface area contributed by atoms with Crippen LogP contribution in [-0.4, -0.2) is 13.2 Å². The molecule has 3 nitrogen and oxygen atoms in total. The Hall–Kier alpha value is 0.664. The Labute approximate surface area is 68.6 Å². The van der Waals surface area contributed by atoms with Crippen LogP contribution in [0.2, 0.25) is 0 Å². The topological polar surface area (TPSA) is 50.7 Å². The van der Waals surface area contributed by atoms with Crippen LogP contribution in [0.15, 0.2) is 10.2 Å². The zero-order chi connectivity index (χ0) is 4.83. The van der Waals surface area contributed by atoms with Crippen LogP contribution < -0.4 is 5.73 Å². The smallest absolute Gasteiger partial charge is 0.107 e. The average Bonchev–Trinajstić information content (AvgIpc) is 1.61. The van der Waals surface area contributed by atoms with Gasteiger partial charge in [0.25, 0.3) is 0 Å². The van der Waals surface area contributed by atoms with Gasteiger partial charge in [0.15, 0.2) is 0 Å². The van der Waals surface area contributed by atoms with Gasteiger partial charge in [0.05, 0.1) is 0 Å². The molecule has 4 heteroatoms. The molecule has 0 saturated carbocycles. The first-order valence-corrected chi connectivity index (χ1v) is 1.74. The van der Waals surface area contributed by atoms with Crippen molar-refractivity contribution < 1.29 is 32.7 Å². The van der Waals surface area contributed by atoms with Crippen LogP contribution in [0.4, 0.5) is 0 Å². The minimum absolute atomic E-state index is 0. The van der Waals surface area contributed by atoms with E-state index in [0.717, 1.165) is 0 Å². The molecule has 0 aromatic rings. The third-order valence-electron chi connectivity index (χ3n) is 0.282. The molecule has 0 fully saturated rings. The first-order valence-electron chi connectivity index (χ1n) is 1.74. The summed E-state index contributed by atoms with van der Waals surface area (Å²) in [4.78, 5) is 0. The van der Waals surface area contributed by atoms with E-state index < -0.39 is 0 Å². The Kier molecular flexibility index (Phi) is 14.9. The molecule has 2 N–H and O–H groups in total. The van der Waals surface area contributed by atoms with Gasteiger partial charge >= 0.3 is 0 Å². The molecule has 0 spiro atoms. The van der Waals surface area contributed by atoms with Crippen molar-refractivity contribution in [2.75, 3.05) is 13.2 Å². The zero-order valence-electron chi connectivity index (χ0n) is 4.17. The summed E-state index contributed by atoms with van der Waals surface area (Å²) in [6.07, 6.45) is 0. The summed E-state index contributed by atoms with van der Waals surface area (Å²) in [6, 6.07) is 0. The predicted octanol–water partition coefficient (Wildman–Crippen LogP) is 0.186. The summed E-state index contributed by atoms with van der Waals surface area (Å²) in [5, 5.41) is 6.91. The van der Waals surface area contributed by atoms with E-state index in [-0.39, 0.29) is 39.4 Å². The van der Waals surface area contributed by atoms with Crippen molar-refractivity contribution in [2.45, 2.75) is 0 Å². The molecule has 0 unspecified atom stereocenters. The molecule has 0 aromatic carbocycles. The van der Waals surface area contributed by atoms with Gasteiger partial charge in [0, 0.05) is 32.7 Å². The predicted molar refractivity (Wildman–Crippen MR) is 24.1 cm³/mol. The molecule has 1 radical (unpaired) electrons. The maximum atomic E-state index is 4.93. The number of hydrogen-bond acceptors (Lipinski definition) is 3. The Morgan fingerprint density at radius 2 is 2.00 bits per heavy atom. The van der Waals surface area contributed by atoms with Gasteiger partial charge in [0.1, 0.15) is 6.67 Å². The molecule has 0 bridgehead atoms. The molecule has 0 saturated heterocycles. The quantitative estimate of drug-likeness (QED) is 0.472. The van der Waals surface area contributed by atoms with Crippen molar-refractivity contribution in [3.8, 4) is 0 Å². The van der Waals surface area contributed by atoms with Crippen molar-refractivity contribution in [1.29, 1.82) is 0 Å². The van der Waals surface area contributed by atoms with Crippen molar-refractivity contribution in [3.05, 3.63) is 6.92 Å². The maximum Gasteiger partial charge on any atom is 0.107 e. The normalized spacial score (nSPS) is 8.86. The fourth-order valence-electron chi connectivity index (χ4n) is 0.128. The fraction of sp³-hybridized carbons (Fsp3) is 0.667. The van der Waals surface area contributed by atoms with E-state index in [1.165, 1.54) is 0 Å². The summed E-state index contributed by atoms with van der Waals surface area (Å²) in [5.74, 6) is 0. The first kappa shape index (κ1) is 10.6. The van der Waals surface area contributed by atoms with E-state index in [2.05, 4.69) is 17.2 Å².